The molecular formula is C24H31IN4O. The molecule has 2 heterocycles. The Balaban J connectivity index is 0.00000256. The van der Waals surface area contributed by atoms with Gasteiger partial charge in [-0.1, -0.05) is 30.3 Å². The number of aryl methyl sites for hydroxylation is 1. The topological polar surface area (TPSA) is 52.7 Å². The van der Waals surface area contributed by atoms with Crippen LogP contribution in [0.1, 0.15) is 29.9 Å². The van der Waals surface area contributed by atoms with Crippen LogP contribution in [0.5, 0.6) is 5.75 Å². The van der Waals surface area contributed by atoms with Crippen LogP contribution in [0, 0.1) is 0 Å². The van der Waals surface area contributed by atoms with Gasteiger partial charge in [0.15, 0.2) is 5.96 Å². The standard InChI is InChI=1S/C24H30N4O.HI/c1-25-24(26-14-5-6-19-16-27-23-8-4-3-7-22(19)23)28-15-13-20(17-28)18-9-11-21(29-2)12-10-18;/h3-4,7-12,16,20,27H,5-6,13-15,17H2,1-2H3,(H,25,26);1H. The molecule has 2 N–H and O–H groups in total. The molecule has 1 saturated heterocycles. The normalized spacial score (nSPS) is 16.5. The van der Waals surface area contributed by atoms with Gasteiger partial charge in [-0.2, -0.15) is 0 Å². The summed E-state index contributed by atoms with van der Waals surface area (Å²) in [5, 5.41) is 4.89. The summed E-state index contributed by atoms with van der Waals surface area (Å²) in [4.78, 5) is 10.3. The number of hydrogen-bond donors (Lipinski definition) is 2. The van der Waals surface area contributed by atoms with Crippen molar-refractivity contribution < 1.29 is 4.74 Å². The van der Waals surface area contributed by atoms with Gasteiger partial charge in [-0.15, -0.1) is 24.0 Å². The SMILES string of the molecule is CN=C(NCCCc1c[nH]c2ccccc12)N1CCC(c2ccc(OC)cc2)C1.I. The summed E-state index contributed by atoms with van der Waals surface area (Å²) in [7, 11) is 3.59. The molecule has 3 aromatic rings. The highest BCUT2D eigenvalue weighted by Crippen LogP contribution is 2.28. The van der Waals surface area contributed by atoms with Gasteiger partial charge in [0.25, 0.3) is 0 Å². The molecule has 0 aliphatic carbocycles. The lowest BCUT2D eigenvalue weighted by Crippen LogP contribution is -2.40. The summed E-state index contributed by atoms with van der Waals surface area (Å²) in [6, 6.07) is 17.0. The van der Waals surface area contributed by atoms with E-state index in [-0.39, 0.29) is 24.0 Å². The number of methoxy groups -OCH3 is 1. The molecule has 1 unspecified atom stereocenters. The highest BCUT2D eigenvalue weighted by atomic mass is 127. The van der Waals surface area contributed by atoms with E-state index in [1.807, 2.05) is 7.05 Å². The maximum atomic E-state index is 5.27. The number of rotatable bonds is 6. The molecule has 0 spiro atoms. The lowest BCUT2D eigenvalue weighted by atomic mass is 9.98. The van der Waals surface area contributed by atoms with Crippen LogP contribution < -0.4 is 10.1 Å². The number of fused-ring (bicyclic) bond motifs is 1. The van der Waals surface area contributed by atoms with Crippen molar-refractivity contribution in [2.75, 3.05) is 33.8 Å². The van der Waals surface area contributed by atoms with Crippen molar-refractivity contribution in [1.82, 2.24) is 15.2 Å². The first-order chi connectivity index (χ1) is 14.3. The number of H-pyrrole nitrogens is 1. The van der Waals surface area contributed by atoms with Crippen LogP contribution in [0.4, 0.5) is 0 Å². The van der Waals surface area contributed by atoms with Gasteiger partial charge >= 0.3 is 0 Å². The molecule has 160 valence electrons. The molecule has 5 nitrogen and oxygen atoms in total. The molecule has 30 heavy (non-hydrogen) atoms. The second-order valence-electron chi connectivity index (χ2n) is 7.64. The quantitative estimate of drug-likeness (QED) is 0.214. The molecule has 1 aliphatic rings. The number of likely N-dealkylation sites (tertiary alicyclic amines) is 1. The van der Waals surface area contributed by atoms with Crippen LogP contribution in [0.15, 0.2) is 59.7 Å². The molecule has 6 heteroatoms. The van der Waals surface area contributed by atoms with E-state index in [1.165, 1.54) is 22.0 Å². The second-order valence-corrected chi connectivity index (χ2v) is 7.64. The average Bonchev–Trinajstić information content (AvgIpc) is 3.42. The van der Waals surface area contributed by atoms with E-state index in [9.17, 15) is 0 Å². The summed E-state index contributed by atoms with van der Waals surface area (Å²) < 4.78 is 5.27. The highest BCUT2D eigenvalue weighted by Gasteiger charge is 2.25. The number of nitrogens with zero attached hydrogens (tertiary/aromatic N) is 2. The minimum absolute atomic E-state index is 0. The van der Waals surface area contributed by atoms with Crippen molar-refractivity contribution in [3.63, 3.8) is 0 Å². The van der Waals surface area contributed by atoms with E-state index in [2.05, 4.69) is 74.9 Å². The predicted octanol–water partition coefficient (Wildman–Crippen LogP) is 4.79. The van der Waals surface area contributed by atoms with Crippen molar-refractivity contribution >= 4 is 40.8 Å². The third-order valence-electron chi connectivity index (χ3n) is 5.87. The largest absolute Gasteiger partial charge is 0.497 e. The van der Waals surface area contributed by atoms with Gasteiger partial charge in [-0.3, -0.25) is 4.99 Å². The van der Waals surface area contributed by atoms with Gasteiger partial charge < -0.3 is 19.9 Å². The highest BCUT2D eigenvalue weighted by molar-refractivity contribution is 14.0. The zero-order chi connectivity index (χ0) is 20.1. The molecule has 1 fully saturated rings. The average molecular weight is 518 g/mol. The third kappa shape index (κ3) is 5.09. The molecule has 0 bridgehead atoms. The summed E-state index contributed by atoms with van der Waals surface area (Å²) in [6.45, 7) is 2.98. The minimum Gasteiger partial charge on any atom is -0.497 e. The molecule has 1 aromatic heterocycles. The van der Waals surface area contributed by atoms with E-state index in [4.69, 9.17) is 4.74 Å². The van der Waals surface area contributed by atoms with Gasteiger partial charge in [-0.25, -0.2) is 0 Å². The number of aromatic nitrogens is 1. The summed E-state index contributed by atoms with van der Waals surface area (Å²) in [5.41, 5.74) is 3.98. The number of ether oxygens (including phenoxy) is 1. The van der Waals surface area contributed by atoms with E-state index >= 15 is 0 Å². The fourth-order valence-electron chi connectivity index (χ4n) is 4.25. The first kappa shape index (κ1) is 22.5. The summed E-state index contributed by atoms with van der Waals surface area (Å²) in [5.74, 6) is 2.47. The third-order valence-corrected chi connectivity index (χ3v) is 5.87. The fraction of sp³-hybridized carbons (Fsp3) is 0.375. The zero-order valence-corrected chi connectivity index (χ0v) is 20.1. The first-order valence-corrected chi connectivity index (χ1v) is 10.4. The number of para-hydroxylation sites is 1. The van der Waals surface area contributed by atoms with Crippen molar-refractivity contribution in [3.8, 4) is 5.75 Å². The second kappa shape index (κ2) is 10.7. The van der Waals surface area contributed by atoms with Gasteiger partial charge in [0.05, 0.1) is 7.11 Å². The van der Waals surface area contributed by atoms with E-state index in [0.717, 1.165) is 50.6 Å². The Labute approximate surface area is 195 Å². The fourth-order valence-corrected chi connectivity index (χ4v) is 4.25. The van der Waals surface area contributed by atoms with E-state index < -0.39 is 0 Å². The minimum atomic E-state index is 0. The number of benzene rings is 2. The van der Waals surface area contributed by atoms with Crippen LogP contribution in [-0.4, -0.2) is 49.6 Å². The molecular weight excluding hydrogens is 487 g/mol. The Kier molecular flexibility index (Phi) is 8.01. The Morgan fingerprint density at radius 3 is 2.77 bits per heavy atom. The van der Waals surface area contributed by atoms with Crippen molar-refractivity contribution in [2.45, 2.75) is 25.2 Å². The Morgan fingerprint density at radius 2 is 2.00 bits per heavy atom. The number of aliphatic imine (C=N–C) groups is 1. The summed E-state index contributed by atoms with van der Waals surface area (Å²) >= 11 is 0. The van der Waals surface area contributed by atoms with Gasteiger partial charge in [0.1, 0.15) is 5.75 Å². The summed E-state index contributed by atoms with van der Waals surface area (Å²) in [6.07, 6.45) is 5.43. The van der Waals surface area contributed by atoms with E-state index in [0.29, 0.717) is 5.92 Å². The molecule has 1 atom stereocenters. The van der Waals surface area contributed by atoms with E-state index in [1.54, 1.807) is 7.11 Å². The van der Waals surface area contributed by atoms with Gasteiger partial charge in [0.2, 0.25) is 0 Å². The van der Waals surface area contributed by atoms with Gasteiger partial charge in [-0.05, 0) is 48.6 Å². The number of nitrogens with one attached hydrogen (secondary N) is 2. The van der Waals surface area contributed by atoms with Crippen LogP contribution in [0.2, 0.25) is 0 Å². The molecule has 4 rings (SSSR count). The Morgan fingerprint density at radius 1 is 1.20 bits per heavy atom. The maximum Gasteiger partial charge on any atom is 0.193 e. The van der Waals surface area contributed by atoms with Crippen molar-refractivity contribution in [1.29, 1.82) is 0 Å². The smallest absolute Gasteiger partial charge is 0.193 e. The molecule has 0 saturated carbocycles. The van der Waals surface area contributed by atoms with Gasteiger partial charge in [0, 0.05) is 49.7 Å². The number of halogens is 1. The molecule has 1 aliphatic heterocycles. The predicted molar refractivity (Wildman–Crippen MR) is 135 cm³/mol. The Bertz CT molecular complexity index is 967. The molecule has 0 radical (unpaired) electrons. The number of hydrogen-bond acceptors (Lipinski definition) is 2. The molecule has 2 aromatic carbocycles. The van der Waals surface area contributed by atoms with Crippen molar-refractivity contribution in [2.24, 2.45) is 4.99 Å². The van der Waals surface area contributed by atoms with Crippen LogP contribution in [0.3, 0.4) is 0 Å². The lowest BCUT2D eigenvalue weighted by molar-refractivity contribution is 0.414. The monoisotopic (exact) mass is 518 g/mol. The maximum absolute atomic E-state index is 5.27. The van der Waals surface area contributed by atoms with Crippen molar-refractivity contribution in [3.05, 3.63) is 65.9 Å². The van der Waals surface area contributed by atoms with Crippen LogP contribution >= 0.6 is 24.0 Å². The first-order valence-electron chi connectivity index (χ1n) is 10.4. The number of aromatic amines is 1. The lowest BCUT2D eigenvalue weighted by Gasteiger charge is -2.22. The Hall–Kier alpha value is -2.22. The van der Waals surface area contributed by atoms with Crippen LogP contribution in [-0.2, 0) is 6.42 Å². The molecule has 0 amide bonds. The van der Waals surface area contributed by atoms with Crippen LogP contribution in [0.25, 0.3) is 10.9 Å². The zero-order valence-electron chi connectivity index (χ0n) is 17.7. The number of guanidine groups is 1.